The second-order valence-corrected chi connectivity index (χ2v) is 15.6. The summed E-state index contributed by atoms with van der Waals surface area (Å²) in [6, 6.07) is 64.7. The monoisotopic (exact) mass is 693 g/mol. The molecule has 1 nitrogen and oxygen atoms in total. The maximum absolute atomic E-state index is 2.42. The Morgan fingerprint density at radius 3 is 1.76 bits per heavy atom. The number of hydrogen-bond donors (Lipinski definition) is 0. The predicted octanol–water partition coefficient (Wildman–Crippen LogP) is 12.8. The van der Waals surface area contributed by atoms with E-state index in [1.165, 1.54) is 68.8 Å². The zero-order valence-corrected chi connectivity index (χ0v) is 29.3. The molecule has 0 N–H and O–H groups in total. The fourth-order valence-corrected chi connectivity index (χ4v) is 10.0. The van der Waals surface area contributed by atoms with Crippen LogP contribution < -0.4 is 4.90 Å². The molecule has 2 heteroatoms. The van der Waals surface area contributed by atoms with E-state index in [0.29, 0.717) is 0 Å². The van der Waals surface area contributed by atoms with Crippen molar-refractivity contribution in [1.29, 1.82) is 0 Å². The van der Waals surface area contributed by atoms with Gasteiger partial charge in [-0.25, -0.2) is 0 Å². The van der Waals surface area contributed by atoms with Crippen molar-refractivity contribution in [2.24, 2.45) is 0 Å². The summed E-state index contributed by atoms with van der Waals surface area (Å²) < 4.78 is 2.95. The second-order valence-electron chi connectivity index (χ2n) is 13.4. The summed E-state index contributed by atoms with van der Waals surface area (Å²) in [6.45, 7) is 4.62. The molecule has 0 amide bonds. The molecule has 0 atom stereocenters. The standard InChI is InChI=1S/C47H35NSe/c1-47(2,36-14-7-4-8-15-36)37-22-26-39(27-23-37)48(38-24-19-33(20-25-38)32-11-5-3-6-12-32)40-28-30-44-43(31-40)42-29-21-35-18-17-34-13-9-10-16-41(34)45(35)46(42)49-44/h3-31H,1-2H3. The number of rotatable bonds is 6. The van der Waals surface area contributed by atoms with Gasteiger partial charge in [0.25, 0.3) is 0 Å². The van der Waals surface area contributed by atoms with Crippen LogP contribution in [0.2, 0.25) is 0 Å². The normalized spacial score (nSPS) is 11.9. The molecule has 9 rings (SSSR count). The quantitative estimate of drug-likeness (QED) is 0.124. The van der Waals surface area contributed by atoms with Crippen molar-refractivity contribution in [3.63, 3.8) is 0 Å². The molecule has 0 aliphatic rings. The van der Waals surface area contributed by atoms with Gasteiger partial charge >= 0.3 is 270 Å². The Morgan fingerprint density at radius 2 is 1.00 bits per heavy atom. The topological polar surface area (TPSA) is 3.24 Å². The molecule has 0 saturated heterocycles. The minimum absolute atomic E-state index is 0.103. The molecule has 1 aromatic heterocycles. The first-order chi connectivity index (χ1) is 24.0. The Labute approximate surface area is 293 Å². The van der Waals surface area contributed by atoms with Gasteiger partial charge < -0.3 is 0 Å². The van der Waals surface area contributed by atoms with Gasteiger partial charge in [-0.2, -0.15) is 0 Å². The van der Waals surface area contributed by atoms with Crippen molar-refractivity contribution in [1.82, 2.24) is 0 Å². The van der Waals surface area contributed by atoms with Crippen molar-refractivity contribution >= 4 is 72.4 Å². The van der Waals surface area contributed by atoms with Gasteiger partial charge in [0.15, 0.2) is 0 Å². The van der Waals surface area contributed by atoms with Gasteiger partial charge in [-0.15, -0.1) is 0 Å². The van der Waals surface area contributed by atoms with Gasteiger partial charge in [-0.1, -0.05) is 24.3 Å². The molecule has 0 aliphatic heterocycles. The van der Waals surface area contributed by atoms with E-state index in [-0.39, 0.29) is 19.9 Å². The summed E-state index contributed by atoms with van der Waals surface area (Å²) in [7, 11) is 0. The Morgan fingerprint density at radius 1 is 0.429 bits per heavy atom. The number of nitrogens with zero attached hydrogens (tertiary/aromatic N) is 1. The number of anilines is 3. The number of benzene rings is 8. The average Bonchev–Trinajstić information content (AvgIpc) is 3.54. The van der Waals surface area contributed by atoms with Crippen LogP contribution in [0.25, 0.3) is 52.0 Å². The molecular formula is C47H35NSe. The summed E-state index contributed by atoms with van der Waals surface area (Å²) in [5.41, 5.74) is 8.41. The Hall–Kier alpha value is -5.40. The first kappa shape index (κ1) is 29.7. The predicted molar refractivity (Wildman–Crippen MR) is 212 cm³/mol. The number of hydrogen-bond acceptors (Lipinski definition) is 1. The van der Waals surface area contributed by atoms with Crippen LogP contribution >= 0.6 is 0 Å². The molecule has 8 aromatic carbocycles. The molecule has 0 fully saturated rings. The molecule has 0 unspecified atom stereocenters. The third kappa shape index (κ3) is 5.16. The van der Waals surface area contributed by atoms with Gasteiger partial charge in [-0.05, 0) is 0 Å². The maximum atomic E-state index is 2.42. The molecule has 0 spiro atoms. The van der Waals surface area contributed by atoms with Crippen LogP contribution in [-0.2, 0) is 5.41 Å². The van der Waals surface area contributed by atoms with Crippen molar-refractivity contribution in [3.05, 3.63) is 187 Å². The van der Waals surface area contributed by atoms with E-state index in [1.807, 2.05) is 0 Å². The zero-order chi connectivity index (χ0) is 33.0. The van der Waals surface area contributed by atoms with Crippen molar-refractivity contribution in [3.8, 4) is 11.1 Å². The van der Waals surface area contributed by atoms with E-state index < -0.39 is 0 Å². The van der Waals surface area contributed by atoms with Crippen LogP contribution in [0.4, 0.5) is 17.1 Å². The average molecular weight is 693 g/mol. The van der Waals surface area contributed by atoms with E-state index in [0.717, 1.165) is 11.4 Å². The first-order valence-corrected chi connectivity index (χ1v) is 18.6. The van der Waals surface area contributed by atoms with E-state index in [2.05, 4.69) is 195 Å². The Bertz CT molecular complexity index is 2600. The van der Waals surface area contributed by atoms with E-state index in [4.69, 9.17) is 0 Å². The van der Waals surface area contributed by atoms with Crippen LogP contribution in [0.3, 0.4) is 0 Å². The van der Waals surface area contributed by atoms with E-state index in [9.17, 15) is 0 Å². The van der Waals surface area contributed by atoms with Crippen LogP contribution in [0.15, 0.2) is 176 Å². The van der Waals surface area contributed by atoms with Gasteiger partial charge in [0.2, 0.25) is 0 Å². The molecule has 234 valence electrons. The Kier molecular flexibility index (Phi) is 7.24. The molecule has 0 radical (unpaired) electrons. The van der Waals surface area contributed by atoms with Crippen molar-refractivity contribution in [2.75, 3.05) is 4.90 Å². The SMILES string of the molecule is CC(C)(c1ccccc1)c1ccc(N(c2ccc(-c3ccccc3)cc2)c2ccc3[se]c4c(ccc5ccc6ccccc6c54)c3c2)cc1. The van der Waals surface area contributed by atoms with E-state index >= 15 is 0 Å². The van der Waals surface area contributed by atoms with Gasteiger partial charge in [0.05, 0.1) is 0 Å². The Balaban J connectivity index is 1.20. The minimum atomic E-state index is -0.103. The molecule has 9 aromatic rings. The van der Waals surface area contributed by atoms with Crippen molar-refractivity contribution < 1.29 is 0 Å². The second kappa shape index (κ2) is 11.9. The van der Waals surface area contributed by atoms with Gasteiger partial charge in [0, 0.05) is 0 Å². The van der Waals surface area contributed by atoms with Crippen LogP contribution in [-0.4, -0.2) is 14.5 Å². The van der Waals surface area contributed by atoms with Crippen molar-refractivity contribution in [2.45, 2.75) is 19.3 Å². The summed E-state index contributed by atoms with van der Waals surface area (Å²) >= 11 is 0.236. The fraction of sp³-hybridized carbons (Fsp3) is 0.0638. The fourth-order valence-electron chi connectivity index (χ4n) is 7.38. The first-order valence-electron chi connectivity index (χ1n) is 16.9. The van der Waals surface area contributed by atoms with E-state index in [1.54, 1.807) is 0 Å². The van der Waals surface area contributed by atoms with Crippen LogP contribution in [0.5, 0.6) is 0 Å². The van der Waals surface area contributed by atoms with Crippen LogP contribution in [0.1, 0.15) is 25.0 Å². The molecule has 0 saturated carbocycles. The summed E-state index contributed by atoms with van der Waals surface area (Å²) in [5.74, 6) is 0. The third-order valence-electron chi connectivity index (χ3n) is 10.2. The van der Waals surface area contributed by atoms with Crippen LogP contribution in [0, 0.1) is 0 Å². The summed E-state index contributed by atoms with van der Waals surface area (Å²) in [5, 5.41) is 8.13. The molecular weight excluding hydrogens is 657 g/mol. The summed E-state index contributed by atoms with van der Waals surface area (Å²) in [6.07, 6.45) is 0. The zero-order valence-electron chi connectivity index (χ0n) is 27.6. The molecule has 0 bridgehead atoms. The molecule has 0 aliphatic carbocycles. The van der Waals surface area contributed by atoms with Gasteiger partial charge in [-0.3, -0.25) is 0 Å². The molecule has 1 heterocycles. The number of fused-ring (bicyclic) bond motifs is 7. The molecule has 49 heavy (non-hydrogen) atoms. The van der Waals surface area contributed by atoms with Gasteiger partial charge in [0.1, 0.15) is 0 Å². The summed E-state index contributed by atoms with van der Waals surface area (Å²) in [4.78, 5) is 2.41. The third-order valence-corrected chi connectivity index (χ3v) is 12.7.